The second kappa shape index (κ2) is 6.78. The van der Waals surface area contributed by atoms with Crippen LogP contribution < -0.4 is 0 Å². The molecule has 0 saturated carbocycles. The van der Waals surface area contributed by atoms with Crippen molar-refractivity contribution in [3.63, 3.8) is 0 Å². The molecule has 3 heterocycles. The Balaban J connectivity index is 1.71. The van der Waals surface area contributed by atoms with Crippen molar-refractivity contribution in [2.45, 2.75) is 6.18 Å². The molecule has 0 aliphatic carbocycles. The van der Waals surface area contributed by atoms with Crippen LogP contribution in [0.5, 0.6) is 0 Å². The average Bonchev–Trinajstić information content (AvgIpc) is 3.21. The van der Waals surface area contributed by atoms with Gasteiger partial charge in [0.05, 0.1) is 10.7 Å². The molecule has 2 amide bonds. The molecule has 1 saturated heterocycles. The van der Waals surface area contributed by atoms with Crippen molar-refractivity contribution in [1.82, 2.24) is 19.6 Å². The number of amides is 2. The number of aromatic nitrogens is 2. The van der Waals surface area contributed by atoms with E-state index in [-0.39, 0.29) is 48.0 Å². The van der Waals surface area contributed by atoms with Crippen LogP contribution in [0.3, 0.4) is 0 Å². The van der Waals surface area contributed by atoms with Crippen LogP contribution in [0.25, 0.3) is 0 Å². The lowest BCUT2D eigenvalue weighted by atomic mass is 10.2. The van der Waals surface area contributed by atoms with Gasteiger partial charge >= 0.3 is 6.18 Å². The molecule has 0 N–H and O–H groups in total. The minimum absolute atomic E-state index is 0.190. The van der Waals surface area contributed by atoms with E-state index in [1.54, 1.807) is 12.1 Å². The number of rotatable bonds is 2. The summed E-state index contributed by atoms with van der Waals surface area (Å²) in [5.41, 5.74) is -1.32. The van der Waals surface area contributed by atoms with Gasteiger partial charge in [0.1, 0.15) is 0 Å². The largest absolute Gasteiger partial charge is 0.459 e. The minimum Gasteiger partial charge on any atom is -0.459 e. The highest BCUT2D eigenvalue weighted by Crippen LogP contribution is 2.36. The molecule has 11 heteroatoms. The van der Waals surface area contributed by atoms with Crippen LogP contribution in [0.1, 0.15) is 26.7 Å². The van der Waals surface area contributed by atoms with Gasteiger partial charge in [-0.25, -0.2) is 0 Å². The van der Waals surface area contributed by atoms with Gasteiger partial charge in [-0.2, -0.15) is 18.3 Å². The van der Waals surface area contributed by atoms with Crippen molar-refractivity contribution in [1.29, 1.82) is 0 Å². The fraction of sp³-hybridized carbons (Fsp3) is 0.400. The Morgan fingerprint density at radius 1 is 1.15 bits per heavy atom. The van der Waals surface area contributed by atoms with E-state index in [1.165, 1.54) is 16.1 Å². The molecule has 1 aliphatic heterocycles. The summed E-state index contributed by atoms with van der Waals surface area (Å²) in [6.07, 6.45) is -3.24. The molecule has 26 heavy (non-hydrogen) atoms. The zero-order valence-electron chi connectivity index (χ0n) is 13.6. The molecule has 2 aromatic heterocycles. The van der Waals surface area contributed by atoms with Gasteiger partial charge in [0.2, 0.25) is 0 Å². The average molecular weight is 435 g/mol. The molecular weight excluding hydrogens is 421 g/mol. The van der Waals surface area contributed by atoms with E-state index in [4.69, 9.17) is 4.42 Å². The lowest BCUT2D eigenvalue weighted by molar-refractivity contribution is -0.144. The zero-order chi connectivity index (χ0) is 19.1. The first kappa shape index (κ1) is 18.5. The molecule has 3 rings (SSSR count). The lowest BCUT2D eigenvalue weighted by Gasteiger charge is -2.34. The Hall–Kier alpha value is -2.30. The molecular formula is C15H14BrF3N4O3. The monoisotopic (exact) mass is 434 g/mol. The predicted octanol–water partition coefficient (Wildman–Crippen LogP) is 2.39. The van der Waals surface area contributed by atoms with E-state index in [9.17, 15) is 22.8 Å². The Morgan fingerprint density at radius 2 is 1.73 bits per heavy atom. The van der Waals surface area contributed by atoms with Crippen molar-refractivity contribution in [2.24, 2.45) is 7.05 Å². The van der Waals surface area contributed by atoms with E-state index < -0.39 is 17.8 Å². The number of halogens is 4. The van der Waals surface area contributed by atoms with Crippen LogP contribution in [-0.2, 0) is 13.2 Å². The summed E-state index contributed by atoms with van der Waals surface area (Å²) in [4.78, 5) is 27.6. The fourth-order valence-corrected chi connectivity index (χ4v) is 3.49. The molecule has 0 aromatic carbocycles. The molecule has 140 valence electrons. The topological polar surface area (TPSA) is 71.6 Å². The lowest BCUT2D eigenvalue weighted by Crippen LogP contribution is -2.50. The summed E-state index contributed by atoms with van der Waals surface area (Å²) >= 11 is 2.84. The van der Waals surface area contributed by atoms with E-state index in [0.29, 0.717) is 4.68 Å². The van der Waals surface area contributed by atoms with E-state index >= 15 is 0 Å². The Bertz CT molecular complexity index is 824. The van der Waals surface area contributed by atoms with Gasteiger partial charge in [-0.1, -0.05) is 0 Å². The Labute approximate surface area is 154 Å². The smallest absolute Gasteiger partial charge is 0.434 e. The number of furan rings is 1. The summed E-state index contributed by atoms with van der Waals surface area (Å²) in [6.45, 7) is 0.884. The summed E-state index contributed by atoms with van der Waals surface area (Å²) in [5.74, 6) is -0.708. The number of piperazine rings is 1. The van der Waals surface area contributed by atoms with Crippen LogP contribution in [0.4, 0.5) is 13.2 Å². The third-order valence-electron chi connectivity index (χ3n) is 4.05. The molecule has 0 unspecified atom stereocenters. The molecule has 0 spiro atoms. The van der Waals surface area contributed by atoms with Crippen molar-refractivity contribution >= 4 is 27.7 Å². The van der Waals surface area contributed by atoms with Gasteiger partial charge in [0.25, 0.3) is 11.8 Å². The first-order chi connectivity index (χ1) is 12.2. The number of nitrogens with zero attached hydrogens (tertiary/aromatic N) is 4. The number of carbonyl (C=O) groups excluding carboxylic acids is 2. The summed E-state index contributed by atoms with van der Waals surface area (Å²) in [5, 5.41) is 3.71. The minimum atomic E-state index is -4.63. The van der Waals surface area contributed by atoms with Crippen molar-refractivity contribution in [3.05, 3.63) is 40.0 Å². The van der Waals surface area contributed by atoms with Gasteiger partial charge in [0, 0.05) is 33.2 Å². The maximum atomic E-state index is 13.0. The maximum absolute atomic E-state index is 13.0. The Kier molecular flexibility index (Phi) is 4.82. The Morgan fingerprint density at radius 3 is 2.19 bits per heavy atom. The quantitative estimate of drug-likeness (QED) is 0.727. The number of hydrogen-bond acceptors (Lipinski definition) is 4. The molecule has 0 atom stereocenters. The highest BCUT2D eigenvalue weighted by molar-refractivity contribution is 9.10. The third kappa shape index (κ3) is 3.35. The summed E-state index contributed by atoms with van der Waals surface area (Å²) in [7, 11) is 1.13. The van der Waals surface area contributed by atoms with Crippen LogP contribution in [0.2, 0.25) is 0 Å². The highest BCUT2D eigenvalue weighted by Gasteiger charge is 2.40. The van der Waals surface area contributed by atoms with Crippen molar-refractivity contribution < 1.29 is 27.2 Å². The first-order valence-electron chi connectivity index (χ1n) is 7.62. The zero-order valence-corrected chi connectivity index (χ0v) is 15.2. The van der Waals surface area contributed by atoms with Crippen LogP contribution in [0.15, 0.2) is 27.3 Å². The van der Waals surface area contributed by atoms with E-state index in [1.807, 2.05) is 0 Å². The first-order valence-corrected chi connectivity index (χ1v) is 8.41. The van der Waals surface area contributed by atoms with Gasteiger partial charge in [-0.15, -0.1) is 0 Å². The molecule has 2 aromatic rings. The van der Waals surface area contributed by atoms with E-state index in [2.05, 4.69) is 21.0 Å². The predicted molar refractivity (Wildman–Crippen MR) is 86.4 cm³/mol. The highest BCUT2D eigenvalue weighted by atomic mass is 79.9. The number of carbonyl (C=O) groups is 2. The number of alkyl halides is 3. The maximum Gasteiger partial charge on any atom is 0.434 e. The van der Waals surface area contributed by atoms with Gasteiger partial charge in [0.15, 0.2) is 17.1 Å². The molecule has 1 fully saturated rings. The van der Waals surface area contributed by atoms with E-state index in [0.717, 1.165) is 7.05 Å². The fourth-order valence-electron chi connectivity index (χ4n) is 2.76. The standard InChI is InChI=1S/C15H14BrF3N4O3/c1-21-12(15(17,18)19)10(16)11(20-21)14(25)23-6-4-22(5-7-23)13(24)9-3-2-8-26-9/h2-3,8H,4-7H2,1H3. The second-order valence-electron chi connectivity index (χ2n) is 5.69. The summed E-state index contributed by atoms with van der Waals surface area (Å²) < 4.78 is 44.4. The molecule has 0 bridgehead atoms. The van der Waals surface area contributed by atoms with Crippen LogP contribution in [-0.4, -0.2) is 57.6 Å². The third-order valence-corrected chi connectivity index (χ3v) is 4.80. The van der Waals surface area contributed by atoms with Gasteiger partial charge in [-0.3, -0.25) is 14.3 Å². The second-order valence-corrected chi connectivity index (χ2v) is 6.49. The normalized spacial score (nSPS) is 15.4. The van der Waals surface area contributed by atoms with Crippen molar-refractivity contribution in [2.75, 3.05) is 26.2 Å². The number of hydrogen-bond donors (Lipinski definition) is 0. The molecule has 1 aliphatic rings. The van der Waals surface area contributed by atoms with Gasteiger partial charge in [-0.05, 0) is 28.1 Å². The molecule has 7 nitrogen and oxygen atoms in total. The SMILES string of the molecule is Cn1nc(C(=O)N2CCN(C(=O)c3ccco3)CC2)c(Br)c1C(F)(F)F. The number of aryl methyl sites for hydroxylation is 1. The van der Waals surface area contributed by atoms with Crippen LogP contribution in [0, 0.1) is 0 Å². The van der Waals surface area contributed by atoms with Crippen molar-refractivity contribution in [3.8, 4) is 0 Å². The van der Waals surface area contributed by atoms with Gasteiger partial charge < -0.3 is 14.2 Å². The summed E-state index contributed by atoms with van der Waals surface area (Å²) in [6, 6.07) is 3.15. The van der Waals surface area contributed by atoms with Crippen LogP contribution >= 0.6 is 15.9 Å². The molecule has 0 radical (unpaired) electrons.